The van der Waals surface area contributed by atoms with Gasteiger partial charge in [-0.1, -0.05) is 32.4 Å². The Labute approximate surface area is 70.7 Å². The molecule has 0 aromatic rings. The van der Waals surface area contributed by atoms with Gasteiger partial charge in [0, 0.05) is 0 Å². The third kappa shape index (κ3) is 2.36. The molecule has 1 atom stereocenters. The monoisotopic (exact) mass is 152 g/mol. The Morgan fingerprint density at radius 3 is 2.73 bits per heavy atom. The molecule has 0 nitrogen and oxygen atoms in total. The fraction of sp³-hybridized carbons (Fsp3) is 0.818. The van der Waals surface area contributed by atoms with Gasteiger partial charge in [0.15, 0.2) is 0 Å². The predicted molar refractivity (Wildman–Crippen MR) is 50.6 cm³/mol. The SMILES string of the molecule is C=C1CCCC(C)(CC)CC1. The van der Waals surface area contributed by atoms with Crippen molar-refractivity contribution in [3.05, 3.63) is 12.2 Å². The van der Waals surface area contributed by atoms with Gasteiger partial charge in [-0.05, 0) is 37.5 Å². The van der Waals surface area contributed by atoms with Gasteiger partial charge in [-0.15, -0.1) is 0 Å². The van der Waals surface area contributed by atoms with Gasteiger partial charge in [-0.25, -0.2) is 0 Å². The van der Waals surface area contributed by atoms with Crippen molar-refractivity contribution in [3.8, 4) is 0 Å². The molecule has 1 saturated carbocycles. The van der Waals surface area contributed by atoms with Crippen molar-refractivity contribution in [1.82, 2.24) is 0 Å². The van der Waals surface area contributed by atoms with Gasteiger partial charge in [-0.2, -0.15) is 0 Å². The van der Waals surface area contributed by atoms with Crippen molar-refractivity contribution in [2.24, 2.45) is 5.41 Å². The van der Waals surface area contributed by atoms with Crippen LogP contribution in [0.15, 0.2) is 12.2 Å². The van der Waals surface area contributed by atoms with E-state index in [1.165, 1.54) is 44.1 Å². The van der Waals surface area contributed by atoms with E-state index in [4.69, 9.17) is 0 Å². The molecule has 64 valence electrons. The van der Waals surface area contributed by atoms with Crippen LogP contribution in [0.3, 0.4) is 0 Å². The molecule has 0 heterocycles. The Hall–Kier alpha value is -0.260. The Bertz CT molecular complexity index is 146. The summed E-state index contributed by atoms with van der Waals surface area (Å²) in [6.45, 7) is 8.81. The minimum Gasteiger partial charge on any atom is -0.0999 e. The predicted octanol–water partition coefficient (Wildman–Crippen LogP) is 3.92. The second kappa shape index (κ2) is 3.42. The van der Waals surface area contributed by atoms with Crippen LogP contribution in [-0.4, -0.2) is 0 Å². The second-order valence-electron chi connectivity index (χ2n) is 4.27. The fourth-order valence-corrected chi connectivity index (χ4v) is 1.85. The van der Waals surface area contributed by atoms with E-state index in [1.54, 1.807) is 0 Å². The molecular weight excluding hydrogens is 132 g/mol. The molecule has 1 aliphatic rings. The highest BCUT2D eigenvalue weighted by atomic mass is 14.3. The van der Waals surface area contributed by atoms with Gasteiger partial charge in [0.05, 0.1) is 0 Å². The minimum absolute atomic E-state index is 0.624. The van der Waals surface area contributed by atoms with Crippen LogP contribution in [-0.2, 0) is 0 Å². The first-order chi connectivity index (χ1) is 5.16. The van der Waals surface area contributed by atoms with Crippen LogP contribution in [0.4, 0.5) is 0 Å². The van der Waals surface area contributed by atoms with E-state index in [9.17, 15) is 0 Å². The van der Waals surface area contributed by atoms with E-state index >= 15 is 0 Å². The van der Waals surface area contributed by atoms with E-state index in [2.05, 4.69) is 20.4 Å². The number of allylic oxidation sites excluding steroid dienone is 1. The summed E-state index contributed by atoms with van der Waals surface area (Å²) in [5.41, 5.74) is 2.10. The standard InChI is InChI=1S/C11H20/c1-4-11(3)8-5-6-10(2)7-9-11/h2,4-9H2,1,3H3. The van der Waals surface area contributed by atoms with E-state index in [0.717, 1.165) is 0 Å². The number of rotatable bonds is 1. The van der Waals surface area contributed by atoms with Crippen LogP contribution in [0.1, 0.15) is 52.4 Å². The third-order valence-corrected chi connectivity index (χ3v) is 3.25. The van der Waals surface area contributed by atoms with Gasteiger partial charge in [0.25, 0.3) is 0 Å². The summed E-state index contributed by atoms with van der Waals surface area (Å²) in [5, 5.41) is 0. The van der Waals surface area contributed by atoms with Crippen molar-refractivity contribution in [2.45, 2.75) is 52.4 Å². The Morgan fingerprint density at radius 1 is 1.36 bits per heavy atom. The van der Waals surface area contributed by atoms with Gasteiger partial charge >= 0.3 is 0 Å². The van der Waals surface area contributed by atoms with E-state index < -0.39 is 0 Å². The lowest BCUT2D eigenvalue weighted by atomic mass is 9.80. The molecule has 0 aliphatic heterocycles. The van der Waals surface area contributed by atoms with E-state index in [-0.39, 0.29) is 0 Å². The normalized spacial score (nSPS) is 33.5. The molecule has 0 aromatic carbocycles. The lowest BCUT2D eigenvalue weighted by molar-refractivity contribution is 0.268. The maximum atomic E-state index is 4.07. The average molecular weight is 152 g/mol. The molecule has 1 aliphatic carbocycles. The summed E-state index contributed by atoms with van der Waals surface area (Å²) in [6.07, 6.45) is 8.01. The minimum atomic E-state index is 0.624. The highest BCUT2D eigenvalue weighted by Gasteiger charge is 2.23. The van der Waals surface area contributed by atoms with Gasteiger partial charge in [0.2, 0.25) is 0 Å². The first-order valence-corrected chi connectivity index (χ1v) is 4.83. The lowest BCUT2D eigenvalue weighted by Gasteiger charge is -2.25. The molecule has 0 radical (unpaired) electrons. The molecule has 0 saturated heterocycles. The molecule has 0 N–H and O–H groups in total. The molecule has 1 unspecified atom stereocenters. The molecular formula is C11H20. The third-order valence-electron chi connectivity index (χ3n) is 3.25. The first-order valence-electron chi connectivity index (χ1n) is 4.83. The van der Waals surface area contributed by atoms with Crippen molar-refractivity contribution >= 4 is 0 Å². The summed E-state index contributed by atoms with van der Waals surface area (Å²) in [7, 11) is 0. The Kier molecular flexibility index (Phi) is 2.75. The zero-order chi connectivity index (χ0) is 8.32. The van der Waals surface area contributed by atoms with Crippen LogP contribution in [0.25, 0.3) is 0 Å². The summed E-state index contributed by atoms with van der Waals surface area (Å²) in [6, 6.07) is 0. The van der Waals surface area contributed by atoms with E-state index in [0.29, 0.717) is 5.41 Å². The summed E-state index contributed by atoms with van der Waals surface area (Å²) < 4.78 is 0. The molecule has 0 aromatic heterocycles. The Balaban J connectivity index is 2.52. The van der Waals surface area contributed by atoms with Gasteiger partial charge < -0.3 is 0 Å². The highest BCUT2D eigenvalue weighted by Crippen LogP contribution is 2.38. The van der Waals surface area contributed by atoms with Crippen LogP contribution >= 0.6 is 0 Å². The molecule has 0 heteroatoms. The highest BCUT2D eigenvalue weighted by molar-refractivity contribution is 4.98. The second-order valence-corrected chi connectivity index (χ2v) is 4.27. The number of hydrogen-bond donors (Lipinski definition) is 0. The van der Waals surface area contributed by atoms with Crippen molar-refractivity contribution in [3.63, 3.8) is 0 Å². The summed E-state index contributed by atoms with van der Waals surface area (Å²) >= 11 is 0. The zero-order valence-electron chi connectivity index (χ0n) is 7.95. The largest absolute Gasteiger partial charge is 0.0999 e. The van der Waals surface area contributed by atoms with Crippen LogP contribution < -0.4 is 0 Å². The summed E-state index contributed by atoms with van der Waals surface area (Å²) in [4.78, 5) is 0. The zero-order valence-corrected chi connectivity index (χ0v) is 7.95. The summed E-state index contributed by atoms with van der Waals surface area (Å²) in [5.74, 6) is 0. The molecule has 11 heavy (non-hydrogen) atoms. The van der Waals surface area contributed by atoms with Crippen LogP contribution in [0.2, 0.25) is 0 Å². The molecule has 0 spiro atoms. The molecule has 1 rings (SSSR count). The first kappa shape index (κ1) is 8.83. The van der Waals surface area contributed by atoms with Crippen molar-refractivity contribution in [2.75, 3.05) is 0 Å². The molecule has 1 fully saturated rings. The Morgan fingerprint density at radius 2 is 2.09 bits per heavy atom. The maximum Gasteiger partial charge on any atom is -0.0318 e. The van der Waals surface area contributed by atoms with Crippen molar-refractivity contribution < 1.29 is 0 Å². The molecule has 0 amide bonds. The maximum absolute atomic E-state index is 4.07. The number of hydrogen-bond acceptors (Lipinski definition) is 0. The average Bonchev–Trinajstić information content (AvgIpc) is 2.15. The van der Waals surface area contributed by atoms with Crippen LogP contribution in [0.5, 0.6) is 0 Å². The topological polar surface area (TPSA) is 0 Å². The quantitative estimate of drug-likeness (QED) is 0.394. The van der Waals surface area contributed by atoms with E-state index in [1.807, 2.05) is 0 Å². The molecule has 0 bridgehead atoms. The van der Waals surface area contributed by atoms with Crippen molar-refractivity contribution in [1.29, 1.82) is 0 Å². The fourth-order valence-electron chi connectivity index (χ4n) is 1.85. The smallest absolute Gasteiger partial charge is 0.0318 e. The van der Waals surface area contributed by atoms with Gasteiger partial charge in [0.1, 0.15) is 0 Å². The van der Waals surface area contributed by atoms with Gasteiger partial charge in [-0.3, -0.25) is 0 Å². The van der Waals surface area contributed by atoms with Crippen LogP contribution in [0, 0.1) is 5.41 Å². The lowest BCUT2D eigenvalue weighted by Crippen LogP contribution is -2.12.